The predicted molar refractivity (Wildman–Crippen MR) is 64.8 cm³/mol. The number of carbonyl (C=O) groups is 1. The third kappa shape index (κ3) is 2.22. The molecule has 84 valence electrons. The van der Waals surface area contributed by atoms with Crippen molar-refractivity contribution in [1.29, 1.82) is 0 Å². The fourth-order valence-corrected chi connectivity index (χ4v) is 2.42. The molecule has 0 unspecified atom stereocenters. The first-order valence-electron chi connectivity index (χ1n) is 6.16. The van der Waals surface area contributed by atoms with Crippen LogP contribution in [0.4, 0.5) is 0 Å². The van der Waals surface area contributed by atoms with E-state index in [0.717, 1.165) is 31.3 Å². The van der Waals surface area contributed by atoms with Gasteiger partial charge in [0.1, 0.15) is 0 Å². The van der Waals surface area contributed by atoms with Crippen LogP contribution in [0.15, 0.2) is 22.8 Å². The van der Waals surface area contributed by atoms with Crippen LogP contribution in [0.2, 0.25) is 0 Å². The molecule has 1 rings (SSSR count). The fourth-order valence-electron chi connectivity index (χ4n) is 2.42. The van der Waals surface area contributed by atoms with Gasteiger partial charge in [0.05, 0.1) is 0 Å². The van der Waals surface area contributed by atoms with Crippen molar-refractivity contribution in [2.75, 3.05) is 0 Å². The van der Waals surface area contributed by atoms with Crippen molar-refractivity contribution in [2.24, 2.45) is 5.92 Å². The number of hydrogen-bond acceptors (Lipinski definition) is 1. The fraction of sp³-hybridized carbons (Fsp3) is 0.643. The lowest BCUT2D eigenvalue weighted by Gasteiger charge is -2.09. The molecule has 0 heterocycles. The van der Waals surface area contributed by atoms with E-state index in [1.54, 1.807) is 0 Å². The van der Waals surface area contributed by atoms with E-state index in [9.17, 15) is 4.79 Å². The maximum atomic E-state index is 12.2. The minimum absolute atomic E-state index is 0.179. The summed E-state index contributed by atoms with van der Waals surface area (Å²) in [4.78, 5) is 12.2. The van der Waals surface area contributed by atoms with Crippen LogP contribution < -0.4 is 0 Å². The van der Waals surface area contributed by atoms with Crippen molar-refractivity contribution in [2.45, 2.75) is 53.4 Å². The summed E-state index contributed by atoms with van der Waals surface area (Å²) in [6.07, 6.45) is 6.11. The normalized spacial score (nSPS) is 20.8. The minimum atomic E-state index is 0.179. The summed E-state index contributed by atoms with van der Waals surface area (Å²) in [6.45, 7) is 8.52. The molecule has 1 aliphatic rings. The monoisotopic (exact) mass is 206 g/mol. The summed E-state index contributed by atoms with van der Waals surface area (Å²) in [7, 11) is 0. The highest BCUT2D eigenvalue weighted by Crippen LogP contribution is 2.33. The highest BCUT2D eigenvalue weighted by atomic mass is 16.1. The summed E-state index contributed by atoms with van der Waals surface area (Å²) in [5.74, 6) is 0.547. The van der Waals surface area contributed by atoms with E-state index in [0.29, 0.717) is 5.78 Å². The van der Waals surface area contributed by atoms with Gasteiger partial charge >= 0.3 is 0 Å². The van der Waals surface area contributed by atoms with Gasteiger partial charge in [0, 0.05) is 11.5 Å². The molecule has 0 fully saturated rings. The zero-order valence-corrected chi connectivity index (χ0v) is 10.4. The van der Waals surface area contributed by atoms with E-state index in [1.807, 2.05) is 0 Å². The van der Waals surface area contributed by atoms with Crippen LogP contribution in [0.3, 0.4) is 0 Å². The SMILES string of the molecule is CCC1=CC(=C(CC)CC)C(=O)[C@H]1CC. The van der Waals surface area contributed by atoms with Crippen molar-refractivity contribution in [3.63, 3.8) is 0 Å². The molecule has 1 atom stereocenters. The maximum Gasteiger partial charge on any atom is 0.169 e. The zero-order valence-electron chi connectivity index (χ0n) is 10.4. The van der Waals surface area contributed by atoms with Crippen molar-refractivity contribution >= 4 is 5.78 Å². The smallest absolute Gasteiger partial charge is 0.169 e. The molecule has 0 bridgehead atoms. The van der Waals surface area contributed by atoms with Crippen LogP contribution in [0, 0.1) is 5.92 Å². The third-order valence-electron chi connectivity index (χ3n) is 3.41. The second-order valence-corrected chi connectivity index (χ2v) is 4.12. The van der Waals surface area contributed by atoms with Gasteiger partial charge in [-0.15, -0.1) is 0 Å². The van der Waals surface area contributed by atoms with E-state index in [-0.39, 0.29) is 5.92 Å². The lowest BCUT2D eigenvalue weighted by molar-refractivity contribution is -0.117. The molecule has 0 aromatic carbocycles. The van der Waals surface area contributed by atoms with E-state index >= 15 is 0 Å². The van der Waals surface area contributed by atoms with Crippen LogP contribution in [0.25, 0.3) is 0 Å². The molecule has 0 radical (unpaired) electrons. The Kier molecular flexibility index (Phi) is 4.31. The first-order chi connectivity index (χ1) is 7.19. The molecule has 1 heteroatoms. The van der Waals surface area contributed by atoms with Gasteiger partial charge in [-0.1, -0.05) is 44.9 Å². The van der Waals surface area contributed by atoms with E-state index in [4.69, 9.17) is 0 Å². The molecule has 0 saturated carbocycles. The molecule has 0 N–H and O–H groups in total. The molecular weight excluding hydrogens is 184 g/mol. The highest BCUT2D eigenvalue weighted by molar-refractivity contribution is 6.05. The Morgan fingerprint density at radius 3 is 2.13 bits per heavy atom. The minimum Gasteiger partial charge on any atom is -0.294 e. The van der Waals surface area contributed by atoms with E-state index in [2.05, 4.69) is 33.8 Å². The van der Waals surface area contributed by atoms with Gasteiger partial charge in [-0.2, -0.15) is 0 Å². The van der Waals surface area contributed by atoms with Crippen molar-refractivity contribution < 1.29 is 4.79 Å². The average molecular weight is 206 g/mol. The van der Waals surface area contributed by atoms with Crippen LogP contribution in [-0.4, -0.2) is 5.78 Å². The molecule has 0 aromatic heterocycles. The predicted octanol–water partition coefficient (Wildman–Crippen LogP) is 4.05. The van der Waals surface area contributed by atoms with Gasteiger partial charge in [0.25, 0.3) is 0 Å². The number of rotatable bonds is 4. The van der Waals surface area contributed by atoms with Crippen LogP contribution >= 0.6 is 0 Å². The van der Waals surface area contributed by atoms with Gasteiger partial charge in [0.2, 0.25) is 0 Å². The number of hydrogen-bond donors (Lipinski definition) is 0. The molecule has 0 aliphatic heterocycles. The molecule has 1 nitrogen and oxygen atoms in total. The van der Waals surface area contributed by atoms with Crippen molar-refractivity contribution in [3.8, 4) is 0 Å². The molecule has 0 aromatic rings. The highest BCUT2D eigenvalue weighted by Gasteiger charge is 2.29. The molecule has 0 amide bonds. The summed E-state index contributed by atoms with van der Waals surface area (Å²) in [5.41, 5.74) is 3.67. The standard InChI is InChI=1S/C14H22O/c1-5-10(6-2)13-9-11(7-3)12(8-4)14(13)15/h9,12H,5-8H2,1-4H3/t12-/m0/s1. The zero-order chi connectivity index (χ0) is 11.4. The Balaban J connectivity index is 3.10. The average Bonchev–Trinajstić information content (AvgIpc) is 2.57. The molecular formula is C14H22O. The van der Waals surface area contributed by atoms with E-state index in [1.165, 1.54) is 11.1 Å². The summed E-state index contributed by atoms with van der Waals surface area (Å²) in [6, 6.07) is 0. The second kappa shape index (κ2) is 5.29. The Hall–Kier alpha value is -0.850. The molecule has 1 aliphatic carbocycles. The topological polar surface area (TPSA) is 17.1 Å². The van der Waals surface area contributed by atoms with Crippen LogP contribution in [0.1, 0.15) is 53.4 Å². The Bertz CT molecular complexity index is 301. The van der Waals surface area contributed by atoms with Gasteiger partial charge < -0.3 is 0 Å². The van der Waals surface area contributed by atoms with Gasteiger partial charge in [-0.3, -0.25) is 4.79 Å². The largest absolute Gasteiger partial charge is 0.294 e. The van der Waals surface area contributed by atoms with Gasteiger partial charge in [0.15, 0.2) is 5.78 Å². The molecule has 15 heavy (non-hydrogen) atoms. The summed E-state index contributed by atoms with van der Waals surface area (Å²) in [5, 5.41) is 0. The maximum absolute atomic E-state index is 12.2. The van der Waals surface area contributed by atoms with Gasteiger partial charge in [-0.05, 0) is 25.7 Å². The van der Waals surface area contributed by atoms with Crippen molar-refractivity contribution in [3.05, 3.63) is 22.8 Å². The first-order valence-corrected chi connectivity index (χ1v) is 6.16. The quantitative estimate of drug-likeness (QED) is 0.634. The van der Waals surface area contributed by atoms with Crippen molar-refractivity contribution in [1.82, 2.24) is 0 Å². The second-order valence-electron chi connectivity index (χ2n) is 4.12. The lowest BCUT2D eigenvalue weighted by Crippen LogP contribution is -2.11. The lowest BCUT2D eigenvalue weighted by atomic mass is 9.93. The Labute approximate surface area is 93.3 Å². The van der Waals surface area contributed by atoms with Crippen LogP contribution in [-0.2, 0) is 4.79 Å². The van der Waals surface area contributed by atoms with E-state index < -0.39 is 0 Å². The number of allylic oxidation sites excluding steroid dienone is 4. The molecule has 0 spiro atoms. The molecule has 0 saturated heterocycles. The summed E-state index contributed by atoms with van der Waals surface area (Å²) >= 11 is 0. The number of ketones is 1. The summed E-state index contributed by atoms with van der Waals surface area (Å²) < 4.78 is 0. The first kappa shape index (κ1) is 12.2. The van der Waals surface area contributed by atoms with Gasteiger partial charge in [-0.25, -0.2) is 0 Å². The Morgan fingerprint density at radius 2 is 1.80 bits per heavy atom. The third-order valence-corrected chi connectivity index (χ3v) is 3.41. The number of Topliss-reactive ketones (excluding diaryl/α,β-unsaturated/α-hetero) is 1. The Morgan fingerprint density at radius 1 is 1.20 bits per heavy atom. The van der Waals surface area contributed by atoms with Crippen LogP contribution in [0.5, 0.6) is 0 Å². The number of carbonyl (C=O) groups excluding carboxylic acids is 1.